The van der Waals surface area contributed by atoms with Crippen molar-refractivity contribution in [1.82, 2.24) is 0 Å². The zero-order chi connectivity index (χ0) is 10.9. The summed E-state index contributed by atoms with van der Waals surface area (Å²) in [5.74, 6) is 2.68. The molecule has 0 saturated heterocycles. The van der Waals surface area contributed by atoms with Gasteiger partial charge in [0.15, 0.2) is 0 Å². The first-order valence-corrected chi connectivity index (χ1v) is 6.79. The Hall–Kier alpha value is -0.180. The number of aryl methyl sites for hydroxylation is 1. The van der Waals surface area contributed by atoms with Gasteiger partial charge in [-0.3, -0.25) is 0 Å². The van der Waals surface area contributed by atoms with Crippen molar-refractivity contribution >= 4 is 23.4 Å². The Morgan fingerprint density at radius 2 is 2.20 bits per heavy atom. The third kappa shape index (κ3) is 6.08. The fraction of sp³-hybridized carbons (Fsp3) is 0.500. The van der Waals surface area contributed by atoms with E-state index < -0.39 is 0 Å². The maximum atomic E-state index is 5.50. The van der Waals surface area contributed by atoms with Gasteiger partial charge in [0, 0.05) is 17.4 Å². The van der Waals surface area contributed by atoms with Gasteiger partial charge in [-0.15, -0.1) is 11.6 Å². The van der Waals surface area contributed by atoms with Crippen molar-refractivity contribution in [2.45, 2.75) is 12.7 Å². The fourth-order valence-electron chi connectivity index (χ4n) is 1.27. The lowest BCUT2D eigenvalue weighted by molar-refractivity contribution is 0.166. The Morgan fingerprint density at radius 1 is 1.33 bits per heavy atom. The van der Waals surface area contributed by atoms with E-state index in [4.69, 9.17) is 16.3 Å². The summed E-state index contributed by atoms with van der Waals surface area (Å²) >= 11 is 7.39. The molecule has 0 aliphatic rings. The number of rotatable bonds is 7. The Kier molecular flexibility index (Phi) is 6.90. The second-order valence-electron chi connectivity index (χ2n) is 3.34. The third-order valence-electron chi connectivity index (χ3n) is 1.94. The Bertz CT molecular complexity index is 278. The molecule has 84 valence electrons. The van der Waals surface area contributed by atoms with Gasteiger partial charge < -0.3 is 4.74 Å². The van der Waals surface area contributed by atoms with Gasteiger partial charge in [-0.1, -0.05) is 29.8 Å². The summed E-state index contributed by atoms with van der Waals surface area (Å²) in [6, 6.07) is 8.62. The van der Waals surface area contributed by atoms with Crippen molar-refractivity contribution in [3.8, 4) is 0 Å². The summed E-state index contributed by atoms with van der Waals surface area (Å²) in [5, 5.41) is 0. The summed E-state index contributed by atoms with van der Waals surface area (Å²) in [5.41, 5.74) is 2.71. The molecule has 0 unspecified atom stereocenters. The highest BCUT2D eigenvalue weighted by Crippen LogP contribution is 2.13. The molecule has 1 aromatic rings. The smallest absolute Gasteiger partial charge is 0.0602 e. The molecular formula is C12H17ClOS. The number of thioether (sulfide) groups is 1. The van der Waals surface area contributed by atoms with Crippen LogP contribution >= 0.6 is 23.4 Å². The Balaban J connectivity index is 2.10. The van der Waals surface area contributed by atoms with Crippen LogP contribution in [0.4, 0.5) is 0 Å². The van der Waals surface area contributed by atoms with Gasteiger partial charge in [0.25, 0.3) is 0 Å². The van der Waals surface area contributed by atoms with E-state index in [-0.39, 0.29) is 0 Å². The number of hydrogen-bond donors (Lipinski definition) is 0. The standard InChI is InChI=1S/C12H17ClOS/c1-11-3-2-4-12(9-11)10-15-8-7-14-6-5-13/h2-4,9H,5-8,10H2,1H3. The summed E-state index contributed by atoms with van der Waals surface area (Å²) in [6.45, 7) is 3.58. The van der Waals surface area contributed by atoms with E-state index in [9.17, 15) is 0 Å². The summed E-state index contributed by atoms with van der Waals surface area (Å²) < 4.78 is 5.29. The van der Waals surface area contributed by atoms with Crippen LogP contribution in [0.5, 0.6) is 0 Å². The van der Waals surface area contributed by atoms with E-state index >= 15 is 0 Å². The number of benzene rings is 1. The van der Waals surface area contributed by atoms with E-state index in [0.717, 1.165) is 18.1 Å². The van der Waals surface area contributed by atoms with Gasteiger partial charge >= 0.3 is 0 Å². The van der Waals surface area contributed by atoms with Gasteiger partial charge in [0.1, 0.15) is 0 Å². The van der Waals surface area contributed by atoms with Crippen LogP contribution in [0, 0.1) is 6.92 Å². The molecule has 0 atom stereocenters. The quantitative estimate of drug-likeness (QED) is 0.537. The topological polar surface area (TPSA) is 9.23 Å². The SMILES string of the molecule is Cc1cccc(CSCCOCCCl)c1. The van der Waals surface area contributed by atoms with Gasteiger partial charge in [0.2, 0.25) is 0 Å². The zero-order valence-corrected chi connectivity index (χ0v) is 10.6. The number of hydrogen-bond acceptors (Lipinski definition) is 2. The van der Waals surface area contributed by atoms with Crippen molar-refractivity contribution in [2.24, 2.45) is 0 Å². The molecule has 0 aliphatic carbocycles. The minimum atomic E-state index is 0.586. The molecule has 0 amide bonds. The average Bonchev–Trinajstić information content (AvgIpc) is 2.23. The van der Waals surface area contributed by atoms with Crippen LogP contribution < -0.4 is 0 Å². The lowest BCUT2D eigenvalue weighted by Crippen LogP contribution is -2.00. The average molecular weight is 245 g/mol. The van der Waals surface area contributed by atoms with E-state index in [1.807, 2.05) is 11.8 Å². The molecule has 0 N–H and O–H groups in total. The van der Waals surface area contributed by atoms with Gasteiger partial charge in [-0.05, 0) is 12.5 Å². The summed E-state index contributed by atoms with van der Waals surface area (Å²) in [7, 11) is 0. The minimum absolute atomic E-state index is 0.586. The van der Waals surface area contributed by atoms with Crippen molar-refractivity contribution in [3.05, 3.63) is 35.4 Å². The Labute approximate surface area is 101 Å². The van der Waals surface area contributed by atoms with Crippen molar-refractivity contribution < 1.29 is 4.74 Å². The van der Waals surface area contributed by atoms with Crippen LogP contribution in [-0.4, -0.2) is 24.8 Å². The molecule has 0 fully saturated rings. The first-order valence-electron chi connectivity index (χ1n) is 5.10. The van der Waals surface area contributed by atoms with Crippen LogP contribution in [0.15, 0.2) is 24.3 Å². The maximum Gasteiger partial charge on any atom is 0.0602 e. The predicted molar refractivity (Wildman–Crippen MR) is 68.9 cm³/mol. The number of halogens is 1. The van der Waals surface area contributed by atoms with Gasteiger partial charge in [-0.25, -0.2) is 0 Å². The monoisotopic (exact) mass is 244 g/mol. The van der Waals surface area contributed by atoms with E-state index in [1.165, 1.54) is 11.1 Å². The second kappa shape index (κ2) is 8.03. The molecule has 0 radical (unpaired) electrons. The van der Waals surface area contributed by atoms with E-state index in [2.05, 4.69) is 31.2 Å². The molecule has 3 heteroatoms. The molecule has 1 rings (SSSR count). The Morgan fingerprint density at radius 3 is 2.93 bits per heavy atom. The van der Waals surface area contributed by atoms with Crippen molar-refractivity contribution in [2.75, 3.05) is 24.8 Å². The number of alkyl halides is 1. The lowest BCUT2D eigenvalue weighted by Gasteiger charge is -2.03. The zero-order valence-electron chi connectivity index (χ0n) is 9.04. The van der Waals surface area contributed by atoms with E-state index in [0.29, 0.717) is 12.5 Å². The minimum Gasteiger partial charge on any atom is -0.379 e. The molecule has 0 aromatic heterocycles. The van der Waals surface area contributed by atoms with Gasteiger partial charge in [-0.2, -0.15) is 11.8 Å². The fourth-order valence-corrected chi connectivity index (χ4v) is 2.17. The second-order valence-corrected chi connectivity index (χ2v) is 4.83. The van der Waals surface area contributed by atoms with Gasteiger partial charge in [0.05, 0.1) is 13.2 Å². The van der Waals surface area contributed by atoms with E-state index in [1.54, 1.807) is 0 Å². The molecule has 0 aliphatic heterocycles. The maximum absolute atomic E-state index is 5.50. The largest absolute Gasteiger partial charge is 0.379 e. The molecule has 15 heavy (non-hydrogen) atoms. The van der Waals surface area contributed by atoms with Crippen LogP contribution in [-0.2, 0) is 10.5 Å². The summed E-state index contributed by atoms with van der Waals surface area (Å²) in [6.07, 6.45) is 0. The highest BCUT2D eigenvalue weighted by molar-refractivity contribution is 7.98. The van der Waals surface area contributed by atoms with Crippen molar-refractivity contribution in [3.63, 3.8) is 0 Å². The van der Waals surface area contributed by atoms with Crippen LogP contribution in [0.3, 0.4) is 0 Å². The number of ether oxygens (including phenoxy) is 1. The highest BCUT2D eigenvalue weighted by Gasteiger charge is 1.94. The third-order valence-corrected chi connectivity index (χ3v) is 3.09. The molecule has 0 heterocycles. The summed E-state index contributed by atoms with van der Waals surface area (Å²) in [4.78, 5) is 0. The molecule has 0 bridgehead atoms. The molecular weight excluding hydrogens is 228 g/mol. The first-order chi connectivity index (χ1) is 7.33. The lowest BCUT2D eigenvalue weighted by atomic mass is 10.2. The molecule has 0 saturated carbocycles. The predicted octanol–water partition coefficient (Wildman–Crippen LogP) is 3.48. The molecule has 1 nitrogen and oxygen atoms in total. The van der Waals surface area contributed by atoms with Crippen molar-refractivity contribution in [1.29, 1.82) is 0 Å². The van der Waals surface area contributed by atoms with Crippen LogP contribution in [0.25, 0.3) is 0 Å². The van der Waals surface area contributed by atoms with Crippen LogP contribution in [0.2, 0.25) is 0 Å². The molecule has 0 spiro atoms. The highest BCUT2D eigenvalue weighted by atomic mass is 35.5. The van der Waals surface area contributed by atoms with Crippen LogP contribution in [0.1, 0.15) is 11.1 Å². The first kappa shape index (κ1) is 12.9. The molecule has 1 aromatic carbocycles. The normalized spacial score (nSPS) is 10.5.